The molecule has 0 bridgehead atoms. The molecule has 5 heteroatoms. The van der Waals surface area contributed by atoms with Crippen LogP contribution in [0.15, 0.2) is 78.9 Å². The highest BCUT2D eigenvalue weighted by molar-refractivity contribution is 6.13. The van der Waals surface area contributed by atoms with Gasteiger partial charge in [-0.1, -0.05) is 61.4 Å². The molecule has 166 valence electrons. The minimum absolute atomic E-state index is 0.236. The second-order valence-electron chi connectivity index (χ2n) is 7.96. The van der Waals surface area contributed by atoms with Crippen LogP contribution < -0.4 is 5.32 Å². The number of aromatic nitrogens is 1. The molecule has 4 rings (SSSR count). The number of ether oxygens (including phenoxy) is 1. The third-order valence-corrected chi connectivity index (χ3v) is 5.42. The van der Waals surface area contributed by atoms with E-state index in [0.29, 0.717) is 23.4 Å². The number of hydrogen-bond donors (Lipinski definition) is 1. The van der Waals surface area contributed by atoms with Gasteiger partial charge in [-0.2, -0.15) is 0 Å². The molecule has 0 spiro atoms. The molecule has 1 N–H and O–H groups in total. The van der Waals surface area contributed by atoms with Crippen LogP contribution in [-0.4, -0.2) is 23.5 Å². The lowest BCUT2D eigenvalue weighted by Crippen LogP contribution is -2.13. The van der Waals surface area contributed by atoms with Crippen LogP contribution in [0, 0.1) is 6.92 Å². The monoisotopic (exact) mass is 438 g/mol. The van der Waals surface area contributed by atoms with Crippen molar-refractivity contribution < 1.29 is 14.3 Å². The van der Waals surface area contributed by atoms with Crippen molar-refractivity contribution in [1.29, 1.82) is 0 Å². The summed E-state index contributed by atoms with van der Waals surface area (Å²) in [7, 11) is 0. The van der Waals surface area contributed by atoms with E-state index in [2.05, 4.69) is 5.32 Å². The van der Waals surface area contributed by atoms with Gasteiger partial charge in [-0.25, -0.2) is 9.78 Å². The molecule has 1 amide bonds. The summed E-state index contributed by atoms with van der Waals surface area (Å²) in [5.74, 6) is -0.593. The molecule has 4 aromatic rings. The number of aryl methyl sites for hydroxylation is 1. The van der Waals surface area contributed by atoms with Crippen molar-refractivity contribution in [3.05, 3.63) is 95.6 Å². The predicted octanol–water partition coefficient (Wildman–Crippen LogP) is 6.42. The number of nitrogens with zero attached hydrogens (tertiary/aromatic N) is 1. The number of para-hydroxylation sites is 1. The third kappa shape index (κ3) is 5.26. The number of carbonyl (C=O) groups is 2. The summed E-state index contributed by atoms with van der Waals surface area (Å²) >= 11 is 0. The Kier molecular flexibility index (Phi) is 6.79. The Morgan fingerprint density at radius 2 is 1.67 bits per heavy atom. The quantitative estimate of drug-likeness (QED) is 0.267. The molecule has 33 heavy (non-hydrogen) atoms. The van der Waals surface area contributed by atoms with Gasteiger partial charge in [0.2, 0.25) is 0 Å². The molecule has 0 saturated carbocycles. The largest absolute Gasteiger partial charge is 0.462 e. The average molecular weight is 439 g/mol. The fourth-order valence-corrected chi connectivity index (χ4v) is 3.52. The highest BCUT2D eigenvalue weighted by atomic mass is 16.5. The molecule has 0 aliphatic heterocycles. The van der Waals surface area contributed by atoms with Crippen LogP contribution in [0.4, 0.5) is 5.69 Å². The van der Waals surface area contributed by atoms with Crippen LogP contribution in [0.25, 0.3) is 22.2 Å². The van der Waals surface area contributed by atoms with Gasteiger partial charge in [0.05, 0.1) is 28.9 Å². The normalized spacial score (nSPS) is 10.7. The van der Waals surface area contributed by atoms with E-state index in [0.717, 1.165) is 40.6 Å². The van der Waals surface area contributed by atoms with Crippen molar-refractivity contribution in [3.8, 4) is 11.3 Å². The number of amides is 1. The lowest BCUT2D eigenvalue weighted by molar-refractivity contribution is 0.0499. The van der Waals surface area contributed by atoms with Crippen molar-refractivity contribution >= 4 is 28.5 Å². The molecular weight excluding hydrogens is 412 g/mol. The van der Waals surface area contributed by atoms with Gasteiger partial charge in [-0.3, -0.25) is 4.79 Å². The van der Waals surface area contributed by atoms with Crippen LogP contribution in [0.5, 0.6) is 0 Å². The Morgan fingerprint density at radius 1 is 0.939 bits per heavy atom. The van der Waals surface area contributed by atoms with E-state index in [-0.39, 0.29) is 11.9 Å². The molecule has 0 radical (unpaired) electrons. The number of anilines is 1. The van der Waals surface area contributed by atoms with Gasteiger partial charge in [0.25, 0.3) is 5.91 Å². The zero-order valence-corrected chi connectivity index (χ0v) is 18.8. The first-order valence-corrected chi connectivity index (χ1v) is 11.1. The molecule has 0 saturated heterocycles. The summed E-state index contributed by atoms with van der Waals surface area (Å²) in [6.45, 7) is 4.49. The van der Waals surface area contributed by atoms with E-state index >= 15 is 0 Å². The standard InChI is InChI=1S/C28H26N2O3/c1-3-4-17-33-28(32)21-13-15-22(16-14-21)29-27(31)24-18-26(20-11-9-19(2)10-12-20)30-25-8-6-5-7-23(24)25/h5-16,18H,3-4,17H2,1-2H3,(H,29,31). The molecular formula is C28H26N2O3. The number of hydrogen-bond acceptors (Lipinski definition) is 4. The second kappa shape index (κ2) is 10.1. The first-order chi connectivity index (χ1) is 16.0. The van der Waals surface area contributed by atoms with Crippen LogP contribution in [0.2, 0.25) is 0 Å². The van der Waals surface area contributed by atoms with Crippen LogP contribution in [0.1, 0.15) is 46.0 Å². The first-order valence-electron chi connectivity index (χ1n) is 11.1. The van der Waals surface area contributed by atoms with Gasteiger partial charge in [-0.15, -0.1) is 0 Å². The molecule has 0 aliphatic carbocycles. The number of pyridine rings is 1. The zero-order chi connectivity index (χ0) is 23.2. The van der Waals surface area contributed by atoms with Crippen LogP contribution in [-0.2, 0) is 4.74 Å². The van der Waals surface area contributed by atoms with Gasteiger partial charge in [0.15, 0.2) is 0 Å². The number of carbonyl (C=O) groups excluding carboxylic acids is 2. The lowest BCUT2D eigenvalue weighted by Gasteiger charge is -2.11. The molecule has 1 heterocycles. The Morgan fingerprint density at radius 3 is 2.39 bits per heavy atom. The summed E-state index contributed by atoms with van der Waals surface area (Å²) in [6.07, 6.45) is 1.80. The van der Waals surface area contributed by atoms with Gasteiger partial charge in [0, 0.05) is 16.6 Å². The van der Waals surface area contributed by atoms with Crippen molar-refractivity contribution in [3.63, 3.8) is 0 Å². The summed E-state index contributed by atoms with van der Waals surface area (Å²) < 4.78 is 5.24. The Labute approximate surface area is 193 Å². The third-order valence-electron chi connectivity index (χ3n) is 5.42. The number of nitrogens with one attached hydrogen (secondary N) is 1. The second-order valence-corrected chi connectivity index (χ2v) is 7.96. The van der Waals surface area contributed by atoms with E-state index in [9.17, 15) is 9.59 Å². The number of unbranched alkanes of at least 4 members (excludes halogenated alkanes) is 1. The van der Waals surface area contributed by atoms with Gasteiger partial charge < -0.3 is 10.1 Å². The van der Waals surface area contributed by atoms with Crippen molar-refractivity contribution in [1.82, 2.24) is 4.98 Å². The van der Waals surface area contributed by atoms with E-state index in [4.69, 9.17) is 9.72 Å². The molecule has 3 aromatic carbocycles. The van der Waals surface area contributed by atoms with E-state index in [1.54, 1.807) is 24.3 Å². The summed E-state index contributed by atoms with van der Waals surface area (Å²) in [5.41, 5.74) is 5.21. The Hall–Kier alpha value is -3.99. The number of benzene rings is 3. The minimum Gasteiger partial charge on any atom is -0.462 e. The SMILES string of the molecule is CCCCOC(=O)c1ccc(NC(=O)c2cc(-c3ccc(C)cc3)nc3ccccc23)cc1. The molecule has 5 nitrogen and oxygen atoms in total. The van der Waals surface area contributed by atoms with E-state index in [1.165, 1.54) is 0 Å². The van der Waals surface area contributed by atoms with Crippen molar-refractivity contribution in [2.24, 2.45) is 0 Å². The number of esters is 1. The van der Waals surface area contributed by atoms with Gasteiger partial charge in [-0.05, 0) is 49.7 Å². The maximum Gasteiger partial charge on any atom is 0.338 e. The summed E-state index contributed by atoms with van der Waals surface area (Å²) in [4.78, 5) is 30.1. The first kappa shape index (κ1) is 22.2. The van der Waals surface area contributed by atoms with Gasteiger partial charge >= 0.3 is 5.97 Å². The van der Waals surface area contributed by atoms with E-state index < -0.39 is 0 Å². The highest BCUT2D eigenvalue weighted by Crippen LogP contribution is 2.26. The maximum atomic E-state index is 13.2. The van der Waals surface area contributed by atoms with Crippen LogP contribution in [0.3, 0.4) is 0 Å². The molecule has 0 fully saturated rings. The zero-order valence-electron chi connectivity index (χ0n) is 18.8. The molecule has 0 unspecified atom stereocenters. The topological polar surface area (TPSA) is 68.3 Å². The summed E-state index contributed by atoms with van der Waals surface area (Å²) in [5, 5.41) is 3.72. The van der Waals surface area contributed by atoms with E-state index in [1.807, 2.05) is 68.4 Å². The highest BCUT2D eigenvalue weighted by Gasteiger charge is 2.15. The molecule has 0 atom stereocenters. The van der Waals surface area contributed by atoms with Crippen molar-refractivity contribution in [2.75, 3.05) is 11.9 Å². The van der Waals surface area contributed by atoms with Crippen LogP contribution >= 0.6 is 0 Å². The lowest BCUT2D eigenvalue weighted by atomic mass is 10.0. The Bertz CT molecular complexity index is 1280. The fourth-order valence-electron chi connectivity index (χ4n) is 3.52. The molecule has 1 aromatic heterocycles. The fraction of sp³-hybridized carbons (Fsp3) is 0.179. The average Bonchev–Trinajstić information content (AvgIpc) is 2.84. The molecule has 0 aliphatic rings. The number of rotatable bonds is 7. The van der Waals surface area contributed by atoms with Gasteiger partial charge in [0.1, 0.15) is 0 Å². The smallest absolute Gasteiger partial charge is 0.338 e. The number of fused-ring (bicyclic) bond motifs is 1. The summed E-state index contributed by atoms with van der Waals surface area (Å²) in [6, 6.07) is 24.2. The Balaban J connectivity index is 1.59. The predicted molar refractivity (Wildman–Crippen MR) is 132 cm³/mol. The minimum atomic E-state index is -0.357. The maximum absolute atomic E-state index is 13.2. The van der Waals surface area contributed by atoms with Crippen molar-refractivity contribution in [2.45, 2.75) is 26.7 Å².